The second-order valence-electron chi connectivity index (χ2n) is 5.46. The SMILES string of the molecule is CCC(CO)NC(=O)c1cnc2scc(-c3ccccc3Cl)n2c1=O. The molecule has 0 fully saturated rings. The molecule has 0 spiro atoms. The predicted octanol–water partition coefficient (Wildman–Crippen LogP) is 2.58. The Labute approximate surface area is 152 Å². The molecular weight excluding hydrogens is 362 g/mol. The number of nitrogens with one attached hydrogen (secondary N) is 1. The third-order valence-corrected chi connectivity index (χ3v) is 5.06. The van der Waals surface area contributed by atoms with Crippen molar-refractivity contribution >= 4 is 33.8 Å². The number of benzene rings is 1. The van der Waals surface area contributed by atoms with Crippen molar-refractivity contribution in [2.75, 3.05) is 6.61 Å². The van der Waals surface area contributed by atoms with Crippen LogP contribution in [0.2, 0.25) is 5.02 Å². The Morgan fingerprint density at radius 2 is 2.20 bits per heavy atom. The minimum Gasteiger partial charge on any atom is -0.394 e. The van der Waals surface area contributed by atoms with Gasteiger partial charge in [0.15, 0.2) is 4.96 Å². The van der Waals surface area contributed by atoms with Gasteiger partial charge in [0.2, 0.25) is 0 Å². The van der Waals surface area contributed by atoms with Gasteiger partial charge in [-0.3, -0.25) is 14.0 Å². The van der Waals surface area contributed by atoms with Crippen molar-refractivity contribution in [2.24, 2.45) is 0 Å². The third kappa shape index (κ3) is 3.30. The van der Waals surface area contributed by atoms with Crippen molar-refractivity contribution in [3.8, 4) is 11.3 Å². The Morgan fingerprint density at radius 3 is 2.88 bits per heavy atom. The smallest absolute Gasteiger partial charge is 0.271 e. The van der Waals surface area contributed by atoms with Crippen LogP contribution in [0.3, 0.4) is 0 Å². The summed E-state index contributed by atoms with van der Waals surface area (Å²) < 4.78 is 1.39. The minimum absolute atomic E-state index is 0.0731. The second-order valence-corrected chi connectivity index (χ2v) is 6.70. The fourth-order valence-corrected chi connectivity index (χ4v) is 3.53. The molecule has 0 saturated carbocycles. The summed E-state index contributed by atoms with van der Waals surface area (Å²) in [7, 11) is 0. The van der Waals surface area contributed by atoms with E-state index in [1.54, 1.807) is 17.5 Å². The van der Waals surface area contributed by atoms with E-state index in [2.05, 4.69) is 10.3 Å². The molecular formula is C17H16ClN3O3S. The average Bonchev–Trinajstić information content (AvgIpc) is 3.05. The highest BCUT2D eigenvalue weighted by Gasteiger charge is 2.19. The molecule has 25 heavy (non-hydrogen) atoms. The number of fused-ring (bicyclic) bond motifs is 1. The maximum absolute atomic E-state index is 12.9. The molecule has 1 unspecified atom stereocenters. The van der Waals surface area contributed by atoms with Gasteiger partial charge in [0.05, 0.1) is 18.3 Å². The molecule has 130 valence electrons. The lowest BCUT2D eigenvalue weighted by molar-refractivity contribution is 0.0913. The topological polar surface area (TPSA) is 83.7 Å². The summed E-state index contributed by atoms with van der Waals surface area (Å²) in [5, 5.41) is 14.2. The van der Waals surface area contributed by atoms with E-state index in [1.165, 1.54) is 21.9 Å². The van der Waals surface area contributed by atoms with E-state index in [0.29, 0.717) is 27.7 Å². The summed E-state index contributed by atoms with van der Waals surface area (Å²) in [6, 6.07) is 6.77. The molecule has 0 radical (unpaired) electrons. The number of nitrogens with zero attached hydrogens (tertiary/aromatic N) is 2. The van der Waals surface area contributed by atoms with E-state index in [9.17, 15) is 14.7 Å². The van der Waals surface area contributed by atoms with Crippen molar-refractivity contribution < 1.29 is 9.90 Å². The molecule has 0 aliphatic heterocycles. The van der Waals surface area contributed by atoms with Crippen LogP contribution in [0.15, 0.2) is 40.6 Å². The van der Waals surface area contributed by atoms with E-state index in [4.69, 9.17) is 11.6 Å². The monoisotopic (exact) mass is 377 g/mol. The molecule has 2 N–H and O–H groups in total. The zero-order valence-corrected chi connectivity index (χ0v) is 15.0. The molecule has 1 atom stereocenters. The molecule has 0 aliphatic carbocycles. The zero-order valence-electron chi connectivity index (χ0n) is 13.4. The summed E-state index contributed by atoms with van der Waals surface area (Å²) in [5.41, 5.74) is 0.744. The predicted molar refractivity (Wildman–Crippen MR) is 98.4 cm³/mol. The highest BCUT2D eigenvalue weighted by Crippen LogP contribution is 2.29. The first kappa shape index (κ1) is 17.6. The molecule has 0 saturated heterocycles. The van der Waals surface area contributed by atoms with Gasteiger partial charge in [-0.1, -0.05) is 36.7 Å². The number of amides is 1. The highest BCUT2D eigenvalue weighted by molar-refractivity contribution is 7.15. The number of hydrogen-bond donors (Lipinski definition) is 2. The van der Waals surface area contributed by atoms with E-state index in [0.717, 1.165) is 0 Å². The molecule has 2 heterocycles. The Kier molecular flexibility index (Phi) is 5.17. The van der Waals surface area contributed by atoms with Crippen LogP contribution in [0.5, 0.6) is 0 Å². The van der Waals surface area contributed by atoms with Crippen molar-refractivity contribution in [1.82, 2.24) is 14.7 Å². The number of halogens is 1. The number of aromatic nitrogens is 2. The fourth-order valence-electron chi connectivity index (χ4n) is 2.45. The van der Waals surface area contributed by atoms with Crippen molar-refractivity contribution in [3.05, 3.63) is 56.8 Å². The number of rotatable bonds is 5. The summed E-state index contributed by atoms with van der Waals surface area (Å²) >= 11 is 7.54. The normalized spacial score (nSPS) is 12.3. The van der Waals surface area contributed by atoms with Crippen molar-refractivity contribution in [3.63, 3.8) is 0 Å². The van der Waals surface area contributed by atoms with Crippen molar-refractivity contribution in [1.29, 1.82) is 0 Å². The number of carbonyl (C=O) groups is 1. The van der Waals surface area contributed by atoms with Crippen LogP contribution in [0.25, 0.3) is 16.2 Å². The third-order valence-electron chi connectivity index (χ3n) is 3.89. The van der Waals surface area contributed by atoms with Gasteiger partial charge in [0.25, 0.3) is 11.5 Å². The number of carbonyl (C=O) groups excluding carboxylic acids is 1. The molecule has 1 aromatic carbocycles. The molecule has 0 aliphatic rings. The summed E-state index contributed by atoms with van der Waals surface area (Å²) in [6.45, 7) is 1.65. The summed E-state index contributed by atoms with van der Waals surface area (Å²) in [6.07, 6.45) is 1.83. The fraction of sp³-hybridized carbons (Fsp3) is 0.235. The van der Waals surface area contributed by atoms with Gasteiger partial charge in [-0.25, -0.2) is 4.98 Å². The summed E-state index contributed by atoms with van der Waals surface area (Å²) in [4.78, 5) is 29.9. The lowest BCUT2D eigenvalue weighted by atomic mass is 10.1. The Balaban J connectivity index is 2.11. The van der Waals surface area contributed by atoms with Crippen LogP contribution in [-0.4, -0.2) is 33.0 Å². The van der Waals surface area contributed by atoms with E-state index in [1.807, 2.05) is 19.1 Å². The number of aliphatic hydroxyl groups is 1. The molecule has 2 aromatic heterocycles. The number of aliphatic hydroxyl groups excluding tert-OH is 1. The zero-order chi connectivity index (χ0) is 18.0. The van der Waals surface area contributed by atoms with Crippen molar-refractivity contribution in [2.45, 2.75) is 19.4 Å². The van der Waals surface area contributed by atoms with Crippen LogP contribution < -0.4 is 10.9 Å². The van der Waals surface area contributed by atoms with E-state index >= 15 is 0 Å². The average molecular weight is 378 g/mol. The van der Waals surface area contributed by atoms with Crippen LogP contribution in [0.1, 0.15) is 23.7 Å². The van der Waals surface area contributed by atoms with E-state index < -0.39 is 17.5 Å². The highest BCUT2D eigenvalue weighted by atomic mass is 35.5. The Hall–Kier alpha value is -2.22. The summed E-state index contributed by atoms with van der Waals surface area (Å²) in [5.74, 6) is -0.552. The van der Waals surface area contributed by atoms with Crippen LogP contribution in [0.4, 0.5) is 0 Å². The maximum Gasteiger partial charge on any atom is 0.271 e. The van der Waals surface area contributed by atoms with Gasteiger partial charge in [0, 0.05) is 22.2 Å². The lowest BCUT2D eigenvalue weighted by Gasteiger charge is -2.13. The maximum atomic E-state index is 12.9. The molecule has 3 aromatic rings. The Bertz CT molecular complexity index is 979. The minimum atomic E-state index is -0.552. The van der Waals surface area contributed by atoms with Gasteiger partial charge < -0.3 is 10.4 Å². The number of thiazole rings is 1. The van der Waals surface area contributed by atoms with Crippen LogP contribution in [0, 0.1) is 0 Å². The van der Waals surface area contributed by atoms with Gasteiger partial charge in [-0.05, 0) is 12.5 Å². The Morgan fingerprint density at radius 1 is 1.44 bits per heavy atom. The number of hydrogen-bond acceptors (Lipinski definition) is 5. The quantitative estimate of drug-likeness (QED) is 0.715. The lowest BCUT2D eigenvalue weighted by Crippen LogP contribution is -2.40. The molecule has 1 amide bonds. The molecule has 0 bridgehead atoms. The van der Waals surface area contributed by atoms with Crippen LogP contribution in [-0.2, 0) is 0 Å². The molecule has 8 heteroatoms. The standard InChI is InChI=1S/C17H16ClN3O3S/c1-2-10(8-22)20-15(23)12-7-19-17-21(16(12)24)14(9-25-17)11-5-3-4-6-13(11)18/h3-7,9-10,22H,2,8H2,1H3,(H,20,23). The van der Waals surface area contributed by atoms with Gasteiger partial charge in [0.1, 0.15) is 5.56 Å². The first-order chi connectivity index (χ1) is 12.1. The van der Waals surface area contributed by atoms with Crippen LogP contribution >= 0.6 is 22.9 Å². The molecule has 6 nitrogen and oxygen atoms in total. The van der Waals surface area contributed by atoms with Gasteiger partial charge in [-0.15, -0.1) is 11.3 Å². The van der Waals surface area contributed by atoms with Gasteiger partial charge in [-0.2, -0.15) is 0 Å². The second kappa shape index (κ2) is 7.35. The first-order valence-electron chi connectivity index (χ1n) is 7.72. The largest absolute Gasteiger partial charge is 0.394 e. The van der Waals surface area contributed by atoms with E-state index in [-0.39, 0.29) is 12.2 Å². The van der Waals surface area contributed by atoms with Gasteiger partial charge >= 0.3 is 0 Å². The first-order valence-corrected chi connectivity index (χ1v) is 8.98. The molecule has 3 rings (SSSR count).